The molecule has 0 spiro atoms. The van der Waals surface area contributed by atoms with Gasteiger partial charge in [0, 0.05) is 18.8 Å². The smallest absolute Gasteiger partial charge is 0.209 e. The van der Waals surface area contributed by atoms with Crippen molar-refractivity contribution in [3.63, 3.8) is 0 Å². The molecule has 0 saturated carbocycles. The molecule has 0 aliphatic heterocycles. The van der Waals surface area contributed by atoms with Crippen molar-refractivity contribution in [2.45, 2.75) is 11.2 Å². The average Bonchev–Trinajstić information content (AvgIpc) is 2.81. The largest absolute Gasteiger partial charge is 0.497 e. The molecule has 0 fully saturated rings. The third kappa shape index (κ3) is 2.99. The van der Waals surface area contributed by atoms with E-state index < -0.39 is 0 Å². The molecule has 1 unspecified atom stereocenters. The minimum atomic E-state index is -0.0578. The summed E-state index contributed by atoms with van der Waals surface area (Å²) in [7, 11) is 3.45. The fourth-order valence-electron chi connectivity index (χ4n) is 1.46. The van der Waals surface area contributed by atoms with Crippen LogP contribution in [0.25, 0.3) is 0 Å². The van der Waals surface area contributed by atoms with Gasteiger partial charge in [0.15, 0.2) is 0 Å². The quantitative estimate of drug-likeness (QED) is 0.813. The highest BCUT2D eigenvalue weighted by atomic mass is 32.2. The van der Waals surface area contributed by atoms with Gasteiger partial charge in [-0.3, -0.25) is 0 Å². The Labute approximate surface area is 110 Å². The van der Waals surface area contributed by atoms with Gasteiger partial charge in [-0.2, -0.15) is 0 Å². The molecular formula is C11H15N5OS. The highest BCUT2D eigenvalue weighted by molar-refractivity contribution is 7.99. The molecule has 0 saturated heterocycles. The molecule has 0 radical (unpaired) electrons. The van der Waals surface area contributed by atoms with E-state index in [-0.39, 0.29) is 6.04 Å². The second-order valence-electron chi connectivity index (χ2n) is 3.78. The first-order chi connectivity index (χ1) is 8.70. The summed E-state index contributed by atoms with van der Waals surface area (Å²) >= 11 is 1.54. The van der Waals surface area contributed by atoms with E-state index in [1.54, 1.807) is 18.8 Å². The van der Waals surface area contributed by atoms with E-state index in [1.165, 1.54) is 11.8 Å². The van der Waals surface area contributed by atoms with Crippen LogP contribution in [0.5, 0.6) is 5.75 Å². The van der Waals surface area contributed by atoms with Crippen molar-refractivity contribution >= 4 is 11.8 Å². The van der Waals surface area contributed by atoms with Crippen LogP contribution in [0.1, 0.15) is 11.6 Å². The van der Waals surface area contributed by atoms with E-state index in [0.717, 1.165) is 22.2 Å². The molecule has 18 heavy (non-hydrogen) atoms. The Morgan fingerprint density at radius 2 is 2.11 bits per heavy atom. The molecule has 1 heterocycles. The van der Waals surface area contributed by atoms with Crippen LogP contribution in [0.15, 0.2) is 29.4 Å². The lowest BCUT2D eigenvalue weighted by molar-refractivity contribution is 0.414. The number of thioether (sulfide) groups is 1. The summed E-state index contributed by atoms with van der Waals surface area (Å²) in [5, 5.41) is 12.0. The molecular weight excluding hydrogens is 250 g/mol. The summed E-state index contributed by atoms with van der Waals surface area (Å²) in [5.41, 5.74) is 7.18. The summed E-state index contributed by atoms with van der Waals surface area (Å²) in [5.74, 6) is 1.55. The molecule has 6 nitrogen and oxygen atoms in total. The molecule has 0 aliphatic rings. The fraction of sp³-hybridized carbons (Fsp3) is 0.364. The number of rotatable bonds is 5. The Morgan fingerprint density at radius 3 is 2.67 bits per heavy atom. The van der Waals surface area contributed by atoms with E-state index in [9.17, 15) is 0 Å². The predicted molar refractivity (Wildman–Crippen MR) is 69.4 cm³/mol. The Kier molecular flexibility index (Phi) is 4.16. The van der Waals surface area contributed by atoms with Crippen LogP contribution < -0.4 is 10.5 Å². The summed E-state index contributed by atoms with van der Waals surface area (Å²) in [6.45, 7) is 0. The maximum absolute atomic E-state index is 6.11. The van der Waals surface area contributed by atoms with Crippen LogP contribution in [-0.4, -0.2) is 33.1 Å². The van der Waals surface area contributed by atoms with Crippen LogP contribution in [0.2, 0.25) is 0 Å². The molecule has 0 amide bonds. The van der Waals surface area contributed by atoms with Crippen molar-refractivity contribution in [2.24, 2.45) is 12.8 Å². The lowest BCUT2D eigenvalue weighted by atomic mass is 10.1. The van der Waals surface area contributed by atoms with Crippen LogP contribution in [0.3, 0.4) is 0 Å². The average molecular weight is 265 g/mol. The zero-order valence-electron chi connectivity index (χ0n) is 10.3. The van der Waals surface area contributed by atoms with Crippen LogP contribution in [-0.2, 0) is 7.05 Å². The summed E-state index contributed by atoms with van der Waals surface area (Å²) in [4.78, 5) is 0. The molecule has 7 heteroatoms. The number of nitrogens with two attached hydrogens (primary N) is 1. The number of aryl methyl sites for hydroxylation is 1. The van der Waals surface area contributed by atoms with Gasteiger partial charge in [0.05, 0.1) is 7.11 Å². The molecule has 0 aliphatic carbocycles. The SMILES string of the molecule is COc1ccc(C(N)CSc2nnnn2C)cc1. The minimum Gasteiger partial charge on any atom is -0.497 e. The van der Waals surface area contributed by atoms with Gasteiger partial charge in [0.1, 0.15) is 5.75 Å². The Morgan fingerprint density at radius 1 is 1.39 bits per heavy atom. The van der Waals surface area contributed by atoms with Crippen molar-refractivity contribution in [2.75, 3.05) is 12.9 Å². The maximum Gasteiger partial charge on any atom is 0.209 e. The summed E-state index contributed by atoms with van der Waals surface area (Å²) in [6, 6.07) is 7.70. The van der Waals surface area contributed by atoms with Crippen molar-refractivity contribution in [1.29, 1.82) is 0 Å². The van der Waals surface area contributed by atoms with Crippen LogP contribution >= 0.6 is 11.8 Å². The first kappa shape index (κ1) is 12.8. The molecule has 2 N–H and O–H groups in total. The van der Waals surface area contributed by atoms with E-state index in [2.05, 4.69) is 15.5 Å². The maximum atomic E-state index is 6.11. The number of nitrogens with zero attached hydrogens (tertiary/aromatic N) is 4. The number of hydrogen-bond acceptors (Lipinski definition) is 6. The number of tetrazole rings is 1. The minimum absolute atomic E-state index is 0.0578. The second-order valence-corrected chi connectivity index (χ2v) is 4.76. The van der Waals surface area contributed by atoms with Crippen molar-refractivity contribution in [3.8, 4) is 5.75 Å². The van der Waals surface area contributed by atoms with Gasteiger partial charge in [0.25, 0.3) is 0 Å². The van der Waals surface area contributed by atoms with Crippen molar-refractivity contribution in [1.82, 2.24) is 20.2 Å². The highest BCUT2D eigenvalue weighted by Gasteiger charge is 2.09. The number of methoxy groups -OCH3 is 1. The van der Waals surface area contributed by atoms with Crippen molar-refractivity contribution < 1.29 is 4.74 Å². The second kappa shape index (κ2) is 5.83. The first-order valence-electron chi connectivity index (χ1n) is 5.45. The number of hydrogen-bond donors (Lipinski definition) is 1. The number of benzene rings is 1. The molecule has 96 valence electrons. The lowest BCUT2D eigenvalue weighted by Gasteiger charge is -2.11. The van der Waals surface area contributed by atoms with Gasteiger partial charge in [-0.05, 0) is 28.1 Å². The van der Waals surface area contributed by atoms with E-state index in [4.69, 9.17) is 10.5 Å². The van der Waals surface area contributed by atoms with Crippen LogP contribution in [0, 0.1) is 0 Å². The molecule has 1 atom stereocenters. The third-order valence-corrected chi connectivity index (χ3v) is 3.65. The Hall–Kier alpha value is -1.60. The first-order valence-corrected chi connectivity index (χ1v) is 6.44. The topological polar surface area (TPSA) is 78.8 Å². The predicted octanol–water partition coefficient (Wildman–Crippen LogP) is 1.01. The van der Waals surface area contributed by atoms with Gasteiger partial charge in [-0.1, -0.05) is 23.9 Å². The van der Waals surface area contributed by atoms with Gasteiger partial charge in [-0.15, -0.1) is 5.10 Å². The normalized spacial score (nSPS) is 12.4. The molecule has 1 aromatic carbocycles. The highest BCUT2D eigenvalue weighted by Crippen LogP contribution is 2.22. The fourth-order valence-corrected chi connectivity index (χ4v) is 2.29. The standard InChI is InChI=1S/C11H15N5OS/c1-16-11(13-14-15-16)18-7-10(12)8-3-5-9(17-2)6-4-8/h3-6,10H,7,12H2,1-2H3. The monoisotopic (exact) mass is 265 g/mol. The Balaban J connectivity index is 1.94. The third-order valence-electron chi connectivity index (χ3n) is 2.52. The number of aromatic nitrogens is 4. The van der Waals surface area contributed by atoms with E-state index in [0.29, 0.717) is 0 Å². The molecule has 1 aromatic heterocycles. The van der Waals surface area contributed by atoms with Crippen molar-refractivity contribution in [3.05, 3.63) is 29.8 Å². The van der Waals surface area contributed by atoms with Gasteiger partial charge >= 0.3 is 0 Å². The van der Waals surface area contributed by atoms with E-state index >= 15 is 0 Å². The Bertz CT molecular complexity index is 498. The van der Waals surface area contributed by atoms with E-state index in [1.807, 2.05) is 24.3 Å². The summed E-state index contributed by atoms with van der Waals surface area (Å²) < 4.78 is 6.74. The zero-order valence-corrected chi connectivity index (χ0v) is 11.1. The van der Waals surface area contributed by atoms with Gasteiger partial charge in [0.2, 0.25) is 5.16 Å². The van der Waals surface area contributed by atoms with Gasteiger partial charge < -0.3 is 10.5 Å². The lowest BCUT2D eigenvalue weighted by Crippen LogP contribution is -2.13. The van der Waals surface area contributed by atoms with Crippen LogP contribution in [0.4, 0.5) is 0 Å². The summed E-state index contributed by atoms with van der Waals surface area (Å²) in [6.07, 6.45) is 0. The molecule has 2 rings (SSSR count). The molecule has 0 bridgehead atoms. The zero-order chi connectivity index (χ0) is 13.0. The molecule has 2 aromatic rings. The number of ether oxygens (including phenoxy) is 1. The van der Waals surface area contributed by atoms with Gasteiger partial charge in [-0.25, -0.2) is 4.68 Å².